The summed E-state index contributed by atoms with van der Waals surface area (Å²) in [5.41, 5.74) is 0. The summed E-state index contributed by atoms with van der Waals surface area (Å²) >= 11 is 0. The van der Waals surface area contributed by atoms with Crippen LogP contribution < -0.4 is 0 Å². The number of rotatable bonds is 24. The van der Waals surface area contributed by atoms with E-state index in [1.165, 1.54) is 77.0 Å². The van der Waals surface area contributed by atoms with E-state index in [2.05, 4.69) is 13.8 Å². The lowest BCUT2D eigenvalue weighted by Crippen LogP contribution is -2.26. The Labute approximate surface area is 206 Å². The van der Waals surface area contributed by atoms with Crippen LogP contribution in [-0.4, -0.2) is 25.2 Å². The number of hydrogen-bond acceptors (Lipinski definition) is 4. The molecule has 0 aliphatic carbocycles. The van der Waals surface area contributed by atoms with E-state index < -0.39 is 0 Å². The number of carbonyl (C=O) groups excluding carboxylic acids is 2. The molecule has 4 heteroatoms. The lowest BCUT2D eigenvalue weighted by atomic mass is 9.91. The van der Waals surface area contributed by atoms with Gasteiger partial charge in [-0.15, -0.1) is 0 Å². The molecule has 0 saturated carbocycles. The molecule has 0 aromatic carbocycles. The third-order valence-corrected chi connectivity index (χ3v) is 6.71. The van der Waals surface area contributed by atoms with E-state index in [1.807, 2.05) is 13.8 Å². The largest absolute Gasteiger partial charge is 0.465 e. The lowest BCUT2D eigenvalue weighted by molar-refractivity contribution is -0.153. The molecule has 0 bridgehead atoms. The zero-order chi connectivity index (χ0) is 24.6. The molecule has 0 spiro atoms. The Hall–Kier alpha value is -1.06. The molecule has 0 amide bonds. The highest BCUT2D eigenvalue weighted by Crippen LogP contribution is 2.22. The fourth-order valence-corrected chi connectivity index (χ4v) is 4.26. The van der Waals surface area contributed by atoms with Gasteiger partial charge in [0.2, 0.25) is 0 Å². The summed E-state index contributed by atoms with van der Waals surface area (Å²) in [5, 5.41) is 0. The van der Waals surface area contributed by atoms with E-state index in [-0.39, 0.29) is 23.8 Å². The molecular weight excluding hydrogens is 412 g/mol. The molecule has 4 nitrogen and oxygen atoms in total. The van der Waals surface area contributed by atoms with Crippen molar-refractivity contribution in [3.63, 3.8) is 0 Å². The van der Waals surface area contributed by atoms with Crippen LogP contribution >= 0.6 is 0 Å². The quantitative estimate of drug-likeness (QED) is 0.105. The first-order chi connectivity index (χ1) is 16.1. The van der Waals surface area contributed by atoms with Crippen molar-refractivity contribution in [1.82, 2.24) is 0 Å². The van der Waals surface area contributed by atoms with Crippen LogP contribution in [0.5, 0.6) is 0 Å². The number of unbranched alkanes of at least 4 members (excludes halogenated alkanes) is 14. The summed E-state index contributed by atoms with van der Waals surface area (Å²) < 4.78 is 11.1. The summed E-state index contributed by atoms with van der Waals surface area (Å²) in [6, 6.07) is 0. The summed E-state index contributed by atoms with van der Waals surface area (Å²) in [4.78, 5) is 25.0. The molecule has 2 unspecified atom stereocenters. The van der Waals surface area contributed by atoms with Crippen molar-refractivity contribution < 1.29 is 19.1 Å². The van der Waals surface area contributed by atoms with Crippen LogP contribution in [0.1, 0.15) is 150 Å². The van der Waals surface area contributed by atoms with Crippen LogP contribution in [0.15, 0.2) is 0 Å². The van der Waals surface area contributed by atoms with Crippen LogP contribution in [-0.2, 0) is 19.1 Å². The molecule has 196 valence electrons. The van der Waals surface area contributed by atoms with Crippen molar-refractivity contribution in [3.05, 3.63) is 0 Å². The third-order valence-electron chi connectivity index (χ3n) is 6.71. The first-order valence-electron chi connectivity index (χ1n) is 14.4. The van der Waals surface area contributed by atoms with Gasteiger partial charge in [0.25, 0.3) is 0 Å². The number of ether oxygens (including phenoxy) is 2. The average Bonchev–Trinajstić information content (AvgIpc) is 2.82. The fraction of sp³-hybridized carbons (Fsp3) is 0.931. The first-order valence-corrected chi connectivity index (χ1v) is 14.4. The van der Waals surface area contributed by atoms with Gasteiger partial charge in [-0.05, 0) is 32.1 Å². The number of hydrogen-bond donors (Lipinski definition) is 0. The fourth-order valence-electron chi connectivity index (χ4n) is 4.26. The van der Waals surface area contributed by atoms with Gasteiger partial charge >= 0.3 is 11.9 Å². The van der Waals surface area contributed by atoms with Gasteiger partial charge in [-0.1, -0.05) is 118 Å². The van der Waals surface area contributed by atoms with Crippen molar-refractivity contribution in [3.8, 4) is 0 Å². The second kappa shape index (κ2) is 24.1. The summed E-state index contributed by atoms with van der Waals surface area (Å²) in [6.45, 7) is 9.48. The van der Waals surface area contributed by atoms with E-state index >= 15 is 0 Å². The van der Waals surface area contributed by atoms with Gasteiger partial charge < -0.3 is 9.47 Å². The first kappa shape index (κ1) is 31.9. The highest BCUT2D eigenvalue weighted by atomic mass is 16.5. The molecule has 0 aliphatic rings. The molecule has 0 radical (unpaired) electrons. The molecule has 2 atom stereocenters. The van der Waals surface area contributed by atoms with Crippen LogP contribution in [0.3, 0.4) is 0 Å². The molecule has 0 heterocycles. The topological polar surface area (TPSA) is 52.6 Å². The highest BCUT2D eigenvalue weighted by molar-refractivity contribution is 5.76. The maximum absolute atomic E-state index is 12.5. The second-order valence-electron chi connectivity index (χ2n) is 9.73. The Balaban J connectivity index is 3.97. The maximum Gasteiger partial charge on any atom is 0.308 e. The van der Waals surface area contributed by atoms with Crippen molar-refractivity contribution in [2.75, 3.05) is 13.2 Å². The van der Waals surface area contributed by atoms with E-state index in [0.29, 0.717) is 32.5 Å². The van der Waals surface area contributed by atoms with Gasteiger partial charge in [0, 0.05) is 0 Å². The minimum absolute atomic E-state index is 0.144. The van der Waals surface area contributed by atoms with Gasteiger partial charge in [-0.3, -0.25) is 9.59 Å². The Morgan fingerprint density at radius 2 is 0.788 bits per heavy atom. The zero-order valence-corrected chi connectivity index (χ0v) is 22.6. The molecule has 0 aromatic heterocycles. The molecule has 0 saturated heterocycles. The Morgan fingerprint density at radius 1 is 0.485 bits per heavy atom. The van der Waals surface area contributed by atoms with E-state index in [9.17, 15) is 9.59 Å². The molecule has 33 heavy (non-hydrogen) atoms. The van der Waals surface area contributed by atoms with E-state index in [0.717, 1.165) is 25.7 Å². The van der Waals surface area contributed by atoms with Crippen molar-refractivity contribution in [2.45, 2.75) is 150 Å². The van der Waals surface area contributed by atoms with Crippen LogP contribution in [0.4, 0.5) is 0 Å². The molecule has 0 rings (SSSR count). The maximum atomic E-state index is 12.5. The number of esters is 2. The second-order valence-corrected chi connectivity index (χ2v) is 9.73. The molecular formula is C29H56O4. The smallest absolute Gasteiger partial charge is 0.308 e. The van der Waals surface area contributed by atoms with Crippen molar-refractivity contribution in [2.24, 2.45) is 11.8 Å². The average molecular weight is 469 g/mol. The predicted molar refractivity (Wildman–Crippen MR) is 139 cm³/mol. The summed E-state index contributed by atoms with van der Waals surface area (Å²) in [7, 11) is 0. The molecule has 0 fully saturated rings. The minimum atomic E-state index is -0.209. The van der Waals surface area contributed by atoms with Gasteiger partial charge in [0.05, 0.1) is 25.0 Å². The molecule has 0 N–H and O–H groups in total. The highest BCUT2D eigenvalue weighted by Gasteiger charge is 2.27. The summed E-state index contributed by atoms with van der Waals surface area (Å²) in [6.07, 6.45) is 21.6. The van der Waals surface area contributed by atoms with E-state index in [1.54, 1.807) is 0 Å². The SMILES string of the molecule is CCCCCCCCCCOC(=O)C(CC)CC(CC)C(=O)OCCCCCCCCCC. The monoisotopic (exact) mass is 468 g/mol. The van der Waals surface area contributed by atoms with Gasteiger partial charge in [-0.2, -0.15) is 0 Å². The lowest BCUT2D eigenvalue weighted by Gasteiger charge is -2.20. The van der Waals surface area contributed by atoms with Gasteiger partial charge in [-0.25, -0.2) is 0 Å². The Kier molecular flexibility index (Phi) is 23.3. The molecule has 0 aliphatic heterocycles. The molecule has 0 aromatic rings. The van der Waals surface area contributed by atoms with Crippen molar-refractivity contribution >= 4 is 11.9 Å². The van der Waals surface area contributed by atoms with E-state index in [4.69, 9.17) is 9.47 Å². The zero-order valence-electron chi connectivity index (χ0n) is 22.6. The van der Waals surface area contributed by atoms with Gasteiger partial charge in [0.1, 0.15) is 0 Å². The Bertz CT molecular complexity index is 409. The van der Waals surface area contributed by atoms with Crippen molar-refractivity contribution in [1.29, 1.82) is 0 Å². The normalized spacial score (nSPS) is 13.0. The minimum Gasteiger partial charge on any atom is -0.465 e. The van der Waals surface area contributed by atoms with Crippen LogP contribution in [0.2, 0.25) is 0 Å². The summed E-state index contributed by atoms with van der Waals surface area (Å²) in [5.74, 6) is -0.705. The van der Waals surface area contributed by atoms with Crippen LogP contribution in [0.25, 0.3) is 0 Å². The van der Waals surface area contributed by atoms with Crippen LogP contribution in [0, 0.1) is 11.8 Å². The third kappa shape index (κ3) is 19.0. The Morgan fingerprint density at radius 3 is 1.09 bits per heavy atom. The van der Waals surface area contributed by atoms with Gasteiger partial charge in [0.15, 0.2) is 0 Å². The number of carbonyl (C=O) groups is 2. The predicted octanol–water partition coefficient (Wildman–Crippen LogP) is 8.80. The standard InChI is InChI=1S/C29H56O4/c1-5-9-11-13-15-17-19-21-23-32-28(30)26(7-3)25-27(8-4)29(31)33-24-22-20-18-16-14-12-10-6-2/h26-27H,5-25H2,1-4H3.